The number of nitrogens with one attached hydrogen (secondary N) is 2. The standard InChI is InChI=1S/C13H15N3O2.ClH/c17-12-5-7-16(13(18)15-12)10-4-3-9-2-1-6-14-11(9)8-10;/h3-4,8,14H,1-2,5-7H2,(H,15,17,18);1H. The van der Waals surface area contributed by atoms with Crippen molar-refractivity contribution in [3.8, 4) is 0 Å². The average Bonchev–Trinajstić information content (AvgIpc) is 2.38. The van der Waals surface area contributed by atoms with E-state index in [1.165, 1.54) is 5.56 Å². The highest BCUT2D eigenvalue weighted by Gasteiger charge is 2.24. The summed E-state index contributed by atoms with van der Waals surface area (Å²) in [5.41, 5.74) is 3.23. The van der Waals surface area contributed by atoms with Crippen LogP contribution < -0.4 is 15.5 Å². The van der Waals surface area contributed by atoms with Gasteiger partial charge in [-0.2, -0.15) is 0 Å². The van der Waals surface area contributed by atoms with Gasteiger partial charge < -0.3 is 5.32 Å². The van der Waals surface area contributed by atoms with E-state index in [0.717, 1.165) is 30.8 Å². The Morgan fingerprint density at radius 2 is 2.00 bits per heavy atom. The summed E-state index contributed by atoms with van der Waals surface area (Å²) in [4.78, 5) is 24.5. The summed E-state index contributed by atoms with van der Waals surface area (Å²) >= 11 is 0. The molecule has 2 aliphatic rings. The van der Waals surface area contributed by atoms with Crippen LogP contribution in [0.2, 0.25) is 0 Å². The summed E-state index contributed by atoms with van der Waals surface area (Å²) in [5, 5.41) is 5.68. The Hall–Kier alpha value is -1.75. The Morgan fingerprint density at radius 3 is 2.79 bits per heavy atom. The van der Waals surface area contributed by atoms with E-state index in [-0.39, 0.29) is 24.3 Å². The maximum Gasteiger partial charge on any atom is 0.328 e. The fraction of sp³-hybridized carbons (Fsp3) is 0.385. The molecule has 2 N–H and O–H groups in total. The third-order valence-electron chi connectivity index (χ3n) is 3.40. The number of urea groups is 1. The Balaban J connectivity index is 0.00000133. The zero-order chi connectivity index (χ0) is 12.5. The van der Waals surface area contributed by atoms with E-state index in [2.05, 4.69) is 16.7 Å². The van der Waals surface area contributed by atoms with Crippen molar-refractivity contribution in [1.82, 2.24) is 5.32 Å². The normalized spacial score (nSPS) is 18.0. The lowest BCUT2D eigenvalue weighted by atomic mass is 10.0. The van der Waals surface area contributed by atoms with Crippen LogP contribution in [-0.4, -0.2) is 25.0 Å². The predicted molar refractivity (Wildman–Crippen MR) is 76.0 cm³/mol. The van der Waals surface area contributed by atoms with Gasteiger partial charge in [0.15, 0.2) is 0 Å². The van der Waals surface area contributed by atoms with Crippen LogP contribution in [0.3, 0.4) is 0 Å². The smallest absolute Gasteiger partial charge is 0.328 e. The van der Waals surface area contributed by atoms with E-state index < -0.39 is 0 Å². The van der Waals surface area contributed by atoms with E-state index in [1.807, 2.05) is 12.1 Å². The van der Waals surface area contributed by atoms with Gasteiger partial charge in [-0.15, -0.1) is 12.4 Å². The summed E-state index contributed by atoms with van der Waals surface area (Å²) in [6, 6.07) is 5.66. The van der Waals surface area contributed by atoms with Crippen molar-refractivity contribution in [3.05, 3.63) is 23.8 Å². The molecular weight excluding hydrogens is 266 g/mol. The lowest BCUT2D eigenvalue weighted by molar-refractivity contribution is -0.120. The summed E-state index contributed by atoms with van der Waals surface area (Å²) in [7, 11) is 0. The SMILES string of the molecule is Cl.O=C1CCN(c2ccc3c(c2)NCCC3)C(=O)N1. The Morgan fingerprint density at radius 1 is 1.16 bits per heavy atom. The summed E-state index contributed by atoms with van der Waals surface area (Å²) in [6.45, 7) is 1.42. The average molecular weight is 282 g/mol. The first-order chi connectivity index (χ1) is 8.74. The minimum atomic E-state index is -0.331. The number of benzene rings is 1. The number of rotatable bonds is 1. The maximum atomic E-state index is 11.7. The molecule has 3 rings (SSSR count). The second-order valence-corrected chi connectivity index (χ2v) is 4.63. The van der Waals surface area contributed by atoms with Gasteiger partial charge in [0.1, 0.15) is 0 Å². The number of halogens is 1. The number of hydrogen-bond acceptors (Lipinski definition) is 3. The molecular formula is C13H16ClN3O2. The van der Waals surface area contributed by atoms with Gasteiger partial charge >= 0.3 is 6.03 Å². The van der Waals surface area contributed by atoms with Crippen molar-refractivity contribution in [2.75, 3.05) is 23.3 Å². The minimum absolute atomic E-state index is 0. The molecule has 1 fully saturated rings. The number of anilines is 2. The number of amides is 3. The van der Waals surface area contributed by atoms with Crippen LogP contribution in [-0.2, 0) is 11.2 Å². The van der Waals surface area contributed by atoms with Crippen LogP contribution in [0.5, 0.6) is 0 Å². The lowest BCUT2D eigenvalue weighted by Crippen LogP contribution is -2.49. The van der Waals surface area contributed by atoms with Gasteiger partial charge in [-0.3, -0.25) is 15.0 Å². The minimum Gasteiger partial charge on any atom is -0.385 e. The molecule has 0 bridgehead atoms. The number of carbonyl (C=O) groups is 2. The highest BCUT2D eigenvalue weighted by atomic mass is 35.5. The molecule has 3 amide bonds. The van der Waals surface area contributed by atoms with Gasteiger partial charge in [0.25, 0.3) is 0 Å². The molecule has 0 aromatic heterocycles. The molecule has 102 valence electrons. The topological polar surface area (TPSA) is 61.4 Å². The Kier molecular flexibility index (Phi) is 3.95. The summed E-state index contributed by atoms with van der Waals surface area (Å²) in [6.07, 6.45) is 2.58. The number of imide groups is 1. The van der Waals surface area contributed by atoms with E-state index in [4.69, 9.17) is 0 Å². The van der Waals surface area contributed by atoms with Gasteiger partial charge in [0.2, 0.25) is 5.91 Å². The second-order valence-electron chi connectivity index (χ2n) is 4.63. The highest BCUT2D eigenvalue weighted by molar-refractivity contribution is 6.05. The second kappa shape index (κ2) is 5.48. The molecule has 0 atom stereocenters. The van der Waals surface area contributed by atoms with E-state index in [9.17, 15) is 9.59 Å². The van der Waals surface area contributed by atoms with Gasteiger partial charge in [-0.1, -0.05) is 6.07 Å². The zero-order valence-electron chi connectivity index (χ0n) is 10.4. The fourth-order valence-corrected chi connectivity index (χ4v) is 2.43. The number of carbonyl (C=O) groups excluding carboxylic acids is 2. The first-order valence-electron chi connectivity index (χ1n) is 6.22. The first kappa shape index (κ1) is 13.7. The summed E-state index contributed by atoms with van der Waals surface area (Å²) in [5.74, 6) is -0.202. The lowest BCUT2D eigenvalue weighted by Gasteiger charge is -2.28. The quantitative estimate of drug-likeness (QED) is 0.827. The van der Waals surface area contributed by atoms with Crippen molar-refractivity contribution in [2.24, 2.45) is 0 Å². The van der Waals surface area contributed by atoms with Crippen LogP contribution >= 0.6 is 12.4 Å². The molecule has 1 aromatic carbocycles. The number of fused-ring (bicyclic) bond motifs is 1. The third kappa shape index (κ3) is 2.66. The third-order valence-corrected chi connectivity index (χ3v) is 3.40. The molecule has 0 saturated carbocycles. The molecule has 1 aromatic rings. The molecule has 6 heteroatoms. The van der Waals surface area contributed by atoms with Crippen molar-refractivity contribution in [1.29, 1.82) is 0 Å². The molecule has 2 aliphatic heterocycles. The molecule has 0 spiro atoms. The van der Waals surface area contributed by atoms with Crippen LogP contribution in [0, 0.1) is 0 Å². The molecule has 2 heterocycles. The number of hydrogen-bond donors (Lipinski definition) is 2. The van der Waals surface area contributed by atoms with E-state index in [1.54, 1.807) is 4.90 Å². The van der Waals surface area contributed by atoms with Crippen LogP contribution in [0.15, 0.2) is 18.2 Å². The Bertz CT molecular complexity index is 519. The molecule has 19 heavy (non-hydrogen) atoms. The molecule has 1 saturated heterocycles. The molecule has 0 unspecified atom stereocenters. The van der Waals surface area contributed by atoms with E-state index in [0.29, 0.717) is 13.0 Å². The van der Waals surface area contributed by atoms with Crippen molar-refractivity contribution < 1.29 is 9.59 Å². The van der Waals surface area contributed by atoms with Gasteiger partial charge in [0, 0.05) is 30.9 Å². The molecule has 0 aliphatic carbocycles. The number of nitrogens with zero attached hydrogens (tertiary/aromatic N) is 1. The monoisotopic (exact) mass is 281 g/mol. The van der Waals surface area contributed by atoms with Gasteiger partial charge in [0.05, 0.1) is 0 Å². The predicted octanol–water partition coefficient (Wildman–Crippen LogP) is 1.91. The van der Waals surface area contributed by atoms with Crippen molar-refractivity contribution in [2.45, 2.75) is 19.3 Å². The molecule has 5 nitrogen and oxygen atoms in total. The van der Waals surface area contributed by atoms with Crippen LogP contribution in [0.1, 0.15) is 18.4 Å². The van der Waals surface area contributed by atoms with Gasteiger partial charge in [-0.25, -0.2) is 4.79 Å². The maximum absolute atomic E-state index is 11.7. The van der Waals surface area contributed by atoms with E-state index >= 15 is 0 Å². The highest BCUT2D eigenvalue weighted by Crippen LogP contribution is 2.28. The number of aryl methyl sites for hydroxylation is 1. The Labute approximate surface area is 117 Å². The van der Waals surface area contributed by atoms with Crippen molar-refractivity contribution >= 4 is 35.7 Å². The first-order valence-corrected chi connectivity index (χ1v) is 6.22. The zero-order valence-corrected chi connectivity index (χ0v) is 11.3. The van der Waals surface area contributed by atoms with Gasteiger partial charge in [-0.05, 0) is 30.5 Å². The van der Waals surface area contributed by atoms with Crippen LogP contribution in [0.4, 0.5) is 16.2 Å². The fourth-order valence-electron chi connectivity index (χ4n) is 2.43. The van der Waals surface area contributed by atoms with Crippen molar-refractivity contribution in [3.63, 3.8) is 0 Å². The molecule has 0 radical (unpaired) electrons. The largest absolute Gasteiger partial charge is 0.385 e. The summed E-state index contributed by atoms with van der Waals surface area (Å²) < 4.78 is 0. The van der Waals surface area contributed by atoms with Crippen LogP contribution in [0.25, 0.3) is 0 Å².